The molecule has 4 heteroatoms. The van der Waals surface area contributed by atoms with E-state index in [4.69, 9.17) is 0 Å². The van der Waals surface area contributed by atoms with Gasteiger partial charge in [-0.05, 0) is 47.6 Å². The Bertz CT molecular complexity index is 627. The number of carbonyl (C=O) groups excluding carboxylic acids is 1. The zero-order valence-corrected chi connectivity index (χ0v) is 13.6. The SMILES string of the molecule is CSc1ccc(CNC(=O)CC(C)c2cccc(F)c2)cc1. The average Bonchev–Trinajstić information content (AvgIpc) is 2.53. The topological polar surface area (TPSA) is 29.1 Å². The molecule has 0 aliphatic rings. The monoisotopic (exact) mass is 317 g/mol. The summed E-state index contributed by atoms with van der Waals surface area (Å²) in [6.45, 7) is 2.45. The Morgan fingerprint density at radius 3 is 2.59 bits per heavy atom. The number of hydrogen-bond donors (Lipinski definition) is 1. The highest BCUT2D eigenvalue weighted by atomic mass is 32.2. The highest BCUT2D eigenvalue weighted by molar-refractivity contribution is 7.98. The van der Waals surface area contributed by atoms with Crippen LogP contribution in [0.15, 0.2) is 53.4 Å². The number of benzene rings is 2. The summed E-state index contributed by atoms with van der Waals surface area (Å²) in [4.78, 5) is 13.2. The van der Waals surface area contributed by atoms with E-state index in [0.717, 1.165) is 11.1 Å². The molecule has 2 nitrogen and oxygen atoms in total. The lowest BCUT2D eigenvalue weighted by molar-refractivity contribution is -0.121. The third-order valence-corrected chi connectivity index (χ3v) is 4.30. The molecule has 0 radical (unpaired) electrons. The van der Waals surface area contributed by atoms with Gasteiger partial charge in [-0.2, -0.15) is 0 Å². The molecule has 1 unspecified atom stereocenters. The second-order valence-electron chi connectivity index (χ2n) is 5.28. The number of hydrogen-bond acceptors (Lipinski definition) is 2. The van der Waals surface area contributed by atoms with Gasteiger partial charge in [-0.1, -0.05) is 31.2 Å². The molecule has 2 aromatic carbocycles. The van der Waals surface area contributed by atoms with E-state index in [1.165, 1.54) is 17.0 Å². The van der Waals surface area contributed by atoms with Crippen LogP contribution >= 0.6 is 11.8 Å². The Morgan fingerprint density at radius 1 is 1.23 bits per heavy atom. The second kappa shape index (κ2) is 7.99. The maximum Gasteiger partial charge on any atom is 0.220 e. The smallest absolute Gasteiger partial charge is 0.220 e. The van der Waals surface area contributed by atoms with Crippen LogP contribution in [-0.4, -0.2) is 12.2 Å². The first-order valence-corrected chi connectivity index (χ1v) is 8.46. The van der Waals surface area contributed by atoms with Crippen LogP contribution in [0.25, 0.3) is 0 Å². The van der Waals surface area contributed by atoms with Crippen LogP contribution in [0.2, 0.25) is 0 Å². The average molecular weight is 317 g/mol. The molecule has 1 atom stereocenters. The van der Waals surface area contributed by atoms with Crippen LogP contribution < -0.4 is 5.32 Å². The lowest BCUT2D eigenvalue weighted by Crippen LogP contribution is -2.24. The van der Waals surface area contributed by atoms with E-state index in [0.29, 0.717) is 13.0 Å². The molecular formula is C18H20FNOS. The van der Waals surface area contributed by atoms with E-state index in [1.807, 2.05) is 43.5 Å². The first-order chi connectivity index (χ1) is 10.6. The fraction of sp³-hybridized carbons (Fsp3) is 0.278. The molecule has 0 aromatic heterocycles. The van der Waals surface area contributed by atoms with Gasteiger partial charge in [-0.15, -0.1) is 11.8 Å². The molecule has 0 fully saturated rings. The van der Waals surface area contributed by atoms with E-state index in [9.17, 15) is 9.18 Å². The molecule has 0 aliphatic carbocycles. The maximum absolute atomic E-state index is 13.2. The van der Waals surface area contributed by atoms with Gasteiger partial charge in [0.1, 0.15) is 5.82 Å². The van der Waals surface area contributed by atoms with Crippen molar-refractivity contribution in [3.8, 4) is 0 Å². The van der Waals surface area contributed by atoms with Gasteiger partial charge in [0, 0.05) is 17.9 Å². The predicted octanol–water partition coefficient (Wildman–Crippen LogP) is 4.36. The van der Waals surface area contributed by atoms with Crippen molar-refractivity contribution in [2.24, 2.45) is 0 Å². The summed E-state index contributed by atoms with van der Waals surface area (Å²) in [5, 5.41) is 2.91. The van der Waals surface area contributed by atoms with Gasteiger partial charge in [0.05, 0.1) is 0 Å². The summed E-state index contributed by atoms with van der Waals surface area (Å²) < 4.78 is 13.2. The highest BCUT2D eigenvalue weighted by Gasteiger charge is 2.11. The minimum atomic E-state index is -0.265. The quantitative estimate of drug-likeness (QED) is 0.802. The van der Waals surface area contributed by atoms with Crippen LogP contribution in [0.3, 0.4) is 0 Å². The minimum Gasteiger partial charge on any atom is -0.352 e. The summed E-state index contributed by atoms with van der Waals surface area (Å²) >= 11 is 1.69. The first kappa shape index (κ1) is 16.6. The van der Waals surface area contributed by atoms with Crippen molar-refractivity contribution in [3.05, 3.63) is 65.5 Å². The van der Waals surface area contributed by atoms with Crippen LogP contribution in [0.5, 0.6) is 0 Å². The van der Waals surface area contributed by atoms with Gasteiger partial charge >= 0.3 is 0 Å². The molecule has 0 bridgehead atoms. The largest absolute Gasteiger partial charge is 0.352 e. The normalized spacial score (nSPS) is 12.0. The number of amides is 1. The number of nitrogens with one attached hydrogen (secondary N) is 1. The zero-order chi connectivity index (χ0) is 15.9. The zero-order valence-electron chi connectivity index (χ0n) is 12.8. The number of carbonyl (C=O) groups is 1. The summed E-state index contributed by atoms with van der Waals surface area (Å²) in [6.07, 6.45) is 2.39. The van der Waals surface area contributed by atoms with Gasteiger partial charge in [-0.25, -0.2) is 4.39 Å². The molecule has 2 rings (SSSR count). The fourth-order valence-electron chi connectivity index (χ4n) is 2.23. The van der Waals surface area contributed by atoms with Crippen LogP contribution in [0, 0.1) is 5.82 Å². The highest BCUT2D eigenvalue weighted by Crippen LogP contribution is 2.19. The van der Waals surface area contributed by atoms with E-state index in [1.54, 1.807) is 17.8 Å². The summed E-state index contributed by atoms with van der Waals surface area (Å²) in [7, 11) is 0. The third kappa shape index (κ3) is 4.88. The lowest BCUT2D eigenvalue weighted by atomic mass is 9.97. The molecule has 0 saturated heterocycles. The Hall–Kier alpha value is -1.81. The maximum atomic E-state index is 13.2. The van der Waals surface area contributed by atoms with Gasteiger partial charge in [-0.3, -0.25) is 4.79 Å². The second-order valence-corrected chi connectivity index (χ2v) is 6.16. The van der Waals surface area contributed by atoms with Gasteiger partial charge < -0.3 is 5.32 Å². The van der Waals surface area contributed by atoms with E-state index in [-0.39, 0.29) is 17.6 Å². The molecule has 1 amide bonds. The number of halogens is 1. The number of rotatable bonds is 6. The van der Waals surface area contributed by atoms with E-state index in [2.05, 4.69) is 5.32 Å². The third-order valence-electron chi connectivity index (χ3n) is 3.56. The molecule has 0 saturated carbocycles. The molecule has 116 valence electrons. The molecule has 0 heterocycles. The van der Waals surface area contributed by atoms with E-state index >= 15 is 0 Å². The standard InChI is InChI=1S/C18H20FNOS/c1-13(15-4-3-5-16(19)11-15)10-18(21)20-12-14-6-8-17(22-2)9-7-14/h3-9,11,13H,10,12H2,1-2H3,(H,20,21). The van der Waals surface area contributed by atoms with Crippen LogP contribution in [0.1, 0.15) is 30.4 Å². The molecule has 1 N–H and O–H groups in total. The van der Waals surface area contributed by atoms with Crippen LogP contribution in [0.4, 0.5) is 4.39 Å². The molecule has 0 spiro atoms. The van der Waals surface area contributed by atoms with Crippen molar-refractivity contribution in [1.29, 1.82) is 0 Å². The van der Waals surface area contributed by atoms with Gasteiger partial charge in [0.15, 0.2) is 0 Å². The minimum absolute atomic E-state index is 0.00503. The summed E-state index contributed by atoms with van der Waals surface area (Å²) in [5.41, 5.74) is 1.92. The van der Waals surface area contributed by atoms with Crippen molar-refractivity contribution >= 4 is 17.7 Å². The molecule has 0 aliphatic heterocycles. The van der Waals surface area contributed by atoms with Crippen LogP contribution in [-0.2, 0) is 11.3 Å². The fourth-order valence-corrected chi connectivity index (χ4v) is 2.63. The van der Waals surface area contributed by atoms with Crippen molar-refractivity contribution in [3.63, 3.8) is 0 Å². The molecule has 2 aromatic rings. The Balaban J connectivity index is 1.84. The van der Waals surface area contributed by atoms with Gasteiger partial charge in [0.25, 0.3) is 0 Å². The first-order valence-electron chi connectivity index (χ1n) is 7.23. The van der Waals surface area contributed by atoms with E-state index < -0.39 is 0 Å². The summed E-state index contributed by atoms with van der Waals surface area (Å²) in [5.74, 6) is -0.293. The van der Waals surface area contributed by atoms with Crippen molar-refractivity contribution in [2.75, 3.05) is 6.26 Å². The van der Waals surface area contributed by atoms with Gasteiger partial charge in [0.2, 0.25) is 5.91 Å². The molecular weight excluding hydrogens is 297 g/mol. The van der Waals surface area contributed by atoms with Crippen molar-refractivity contribution < 1.29 is 9.18 Å². The lowest BCUT2D eigenvalue weighted by Gasteiger charge is -2.12. The Kier molecular flexibility index (Phi) is 6.01. The number of thioether (sulfide) groups is 1. The van der Waals surface area contributed by atoms with Crippen molar-refractivity contribution in [1.82, 2.24) is 5.32 Å². The predicted molar refractivity (Wildman–Crippen MR) is 89.5 cm³/mol. The Morgan fingerprint density at radius 2 is 1.95 bits per heavy atom. The van der Waals surface area contributed by atoms with Crippen molar-refractivity contribution in [2.45, 2.75) is 30.7 Å². The Labute approximate surface area is 135 Å². The molecule has 22 heavy (non-hydrogen) atoms. The summed E-state index contributed by atoms with van der Waals surface area (Å²) in [6, 6.07) is 14.5.